The molecule has 3 N–H and O–H groups in total. The fraction of sp³-hybridized carbons (Fsp3) is 0.238. The van der Waals surface area contributed by atoms with Crippen LogP contribution in [-0.4, -0.2) is 6.61 Å². The molecule has 0 aliphatic heterocycles. The first-order chi connectivity index (χ1) is 10.7. The Morgan fingerprint density at radius 1 is 0.783 bits per heavy atom. The maximum Gasteiger partial charge on any atom is 0.127 e. The predicted molar refractivity (Wildman–Crippen MR) is 98.6 cm³/mol. The SMILES string of the molecule is CC(C)(CCOc1cccc2ccccc12)c1ccccc1.N. The molecule has 3 rings (SSSR count). The maximum absolute atomic E-state index is 6.08. The predicted octanol–water partition coefficient (Wildman–Crippen LogP) is 5.75. The average molecular weight is 307 g/mol. The summed E-state index contributed by atoms with van der Waals surface area (Å²) in [6, 6.07) is 25.2. The quantitative estimate of drug-likeness (QED) is 0.652. The second kappa shape index (κ2) is 7.30. The molecular formula is C21H25NO. The van der Waals surface area contributed by atoms with Crippen LogP contribution >= 0.6 is 0 Å². The van der Waals surface area contributed by atoms with Gasteiger partial charge in [-0.05, 0) is 28.9 Å². The molecule has 2 heteroatoms. The van der Waals surface area contributed by atoms with Gasteiger partial charge in [0.1, 0.15) is 5.75 Å². The summed E-state index contributed by atoms with van der Waals surface area (Å²) < 4.78 is 6.08. The Hall–Kier alpha value is -2.32. The normalized spacial score (nSPS) is 11.0. The third-order valence-corrected chi connectivity index (χ3v) is 4.29. The minimum absolute atomic E-state index is 0. The van der Waals surface area contributed by atoms with Crippen molar-refractivity contribution in [2.45, 2.75) is 25.7 Å². The molecule has 3 aromatic carbocycles. The molecule has 0 aliphatic rings. The molecule has 0 unspecified atom stereocenters. The van der Waals surface area contributed by atoms with E-state index >= 15 is 0 Å². The zero-order chi connectivity index (χ0) is 15.4. The Bertz CT molecular complexity index is 745. The largest absolute Gasteiger partial charge is 0.493 e. The van der Waals surface area contributed by atoms with Crippen molar-refractivity contribution in [2.24, 2.45) is 0 Å². The van der Waals surface area contributed by atoms with E-state index < -0.39 is 0 Å². The standard InChI is InChI=1S/C21H22O.H3N/c1-21(2,18-11-4-3-5-12-18)15-16-22-20-14-8-10-17-9-6-7-13-19(17)20;/h3-14H,15-16H2,1-2H3;1H3. The number of hydrogen-bond acceptors (Lipinski definition) is 2. The van der Waals surface area contributed by atoms with Crippen LogP contribution in [0.2, 0.25) is 0 Å². The Morgan fingerprint density at radius 2 is 1.43 bits per heavy atom. The first kappa shape index (κ1) is 17.0. The Labute approximate surface area is 138 Å². The number of benzene rings is 3. The second-order valence-corrected chi connectivity index (χ2v) is 6.33. The molecule has 0 saturated heterocycles. The van der Waals surface area contributed by atoms with Gasteiger partial charge in [0.15, 0.2) is 0 Å². The van der Waals surface area contributed by atoms with Crippen molar-refractivity contribution < 1.29 is 4.74 Å². The van der Waals surface area contributed by atoms with Gasteiger partial charge in [0, 0.05) is 5.39 Å². The van der Waals surface area contributed by atoms with Crippen LogP contribution in [0.1, 0.15) is 25.8 Å². The maximum atomic E-state index is 6.08. The first-order valence-corrected chi connectivity index (χ1v) is 7.83. The third kappa shape index (κ3) is 3.91. The monoisotopic (exact) mass is 307 g/mol. The van der Waals surface area contributed by atoms with Gasteiger partial charge < -0.3 is 10.9 Å². The summed E-state index contributed by atoms with van der Waals surface area (Å²) in [6.07, 6.45) is 0.986. The van der Waals surface area contributed by atoms with E-state index in [2.05, 4.69) is 86.6 Å². The van der Waals surface area contributed by atoms with Crippen molar-refractivity contribution in [3.63, 3.8) is 0 Å². The minimum atomic E-state index is 0. The van der Waals surface area contributed by atoms with Gasteiger partial charge in [-0.2, -0.15) is 0 Å². The summed E-state index contributed by atoms with van der Waals surface area (Å²) in [5, 5.41) is 2.41. The highest BCUT2D eigenvalue weighted by atomic mass is 16.5. The van der Waals surface area contributed by atoms with Gasteiger partial charge in [-0.25, -0.2) is 0 Å². The van der Waals surface area contributed by atoms with E-state index in [1.165, 1.54) is 16.3 Å². The molecule has 2 nitrogen and oxygen atoms in total. The smallest absolute Gasteiger partial charge is 0.127 e. The highest BCUT2D eigenvalue weighted by molar-refractivity contribution is 5.88. The van der Waals surface area contributed by atoms with Crippen LogP contribution in [0.3, 0.4) is 0 Å². The van der Waals surface area contributed by atoms with Crippen molar-refractivity contribution in [1.29, 1.82) is 0 Å². The van der Waals surface area contributed by atoms with Gasteiger partial charge in [0.05, 0.1) is 6.61 Å². The molecule has 0 spiro atoms. The highest BCUT2D eigenvalue weighted by Crippen LogP contribution is 2.29. The van der Waals surface area contributed by atoms with Gasteiger partial charge in [0.25, 0.3) is 0 Å². The van der Waals surface area contributed by atoms with Crippen LogP contribution in [0.5, 0.6) is 5.75 Å². The zero-order valence-corrected chi connectivity index (χ0v) is 14.0. The van der Waals surface area contributed by atoms with Crippen LogP contribution in [0.25, 0.3) is 10.8 Å². The Balaban J connectivity index is 0.00000192. The first-order valence-electron chi connectivity index (χ1n) is 7.83. The summed E-state index contributed by atoms with van der Waals surface area (Å²) in [6.45, 7) is 5.26. The summed E-state index contributed by atoms with van der Waals surface area (Å²) in [5.41, 5.74) is 1.47. The fourth-order valence-corrected chi connectivity index (χ4v) is 2.77. The Kier molecular flexibility index (Phi) is 5.41. The topological polar surface area (TPSA) is 44.2 Å². The lowest BCUT2D eigenvalue weighted by Crippen LogP contribution is -2.20. The van der Waals surface area contributed by atoms with Crippen LogP contribution in [0.15, 0.2) is 72.8 Å². The lowest BCUT2D eigenvalue weighted by Gasteiger charge is -2.25. The van der Waals surface area contributed by atoms with Crippen molar-refractivity contribution in [1.82, 2.24) is 6.15 Å². The molecule has 0 heterocycles. The van der Waals surface area contributed by atoms with Gasteiger partial charge in [-0.1, -0.05) is 80.6 Å². The summed E-state index contributed by atoms with van der Waals surface area (Å²) in [7, 11) is 0. The lowest BCUT2D eigenvalue weighted by atomic mass is 9.82. The van der Waals surface area contributed by atoms with Crippen LogP contribution < -0.4 is 10.9 Å². The van der Waals surface area contributed by atoms with Gasteiger partial charge in [0.2, 0.25) is 0 Å². The highest BCUT2D eigenvalue weighted by Gasteiger charge is 2.20. The molecule has 0 amide bonds. The lowest BCUT2D eigenvalue weighted by molar-refractivity contribution is 0.275. The Morgan fingerprint density at radius 3 is 2.22 bits per heavy atom. The van der Waals surface area contributed by atoms with Gasteiger partial charge in [-0.3, -0.25) is 0 Å². The number of hydrogen-bond donors (Lipinski definition) is 1. The molecule has 0 aliphatic carbocycles. The fourth-order valence-electron chi connectivity index (χ4n) is 2.77. The van der Waals surface area contributed by atoms with Gasteiger partial charge >= 0.3 is 0 Å². The molecule has 0 radical (unpaired) electrons. The van der Waals surface area contributed by atoms with Crippen LogP contribution in [0.4, 0.5) is 0 Å². The van der Waals surface area contributed by atoms with Crippen LogP contribution in [0, 0.1) is 0 Å². The van der Waals surface area contributed by atoms with Crippen molar-refractivity contribution >= 4 is 10.8 Å². The molecule has 0 fully saturated rings. The molecule has 23 heavy (non-hydrogen) atoms. The number of rotatable bonds is 5. The molecule has 0 bridgehead atoms. The van der Waals surface area contributed by atoms with E-state index in [1.54, 1.807) is 0 Å². The average Bonchev–Trinajstić information content (AvgIpc) is 2.56. The summed E-state index contributed by atoms with van der Waals surface area (Å²) in [5.74, 6) is 0.974. The summed E-state index contributed by atoms with van der Waals surface area (Å²) >= 11 is 0. The number of fused-ring (bicyclic) bond motifs is 1. The summed E-state index contributed by atoms with van der Waals surface area (Å²) in [4.78, 5) is 0. The molecule has 0 atom stereocenters. The van der Waals surface area contributed by atoms with E-state index in [9.17, 15) is 0 Å². The van der Waals surface area contributed by atoms with Crippen molar-refractivity contribution in [2.75, 3.05) is 6.61 Å². The van der Waals surface area contributed by atoms with Crippen LogP contribution in [-0.2, 0) is 5.41 Å². The third-order valence-electron chi connectivity index (χ3n) is 4.29. The second-order valence-electron chi connectivity index (χ2n) is 6.33. The van der Waals surface area contributed by atoms with E-state index in [4.69, 9.17) is 4.74 Å². The molecule has 3 aromatic rings. The van der Waals surface area contributed by atoms with Gasteiger partial charge in [-0.15, -0.1) is 0 Å². The zero-order valence-electron chi connectivity index (χ0n) is 14.0. The number of ether oxygens (including phenoxy) is 1. The molecule has 0 saturated carbocycles. The van der Waals surface area contributed by atoms with E-state index in [-0.39, 0.29) is 11.6 Å². The van der Waals surface area contributed by atoms with Crippen molar-refractivity contribution in [3.05, 3.63) is 78.4 Å². The van der Waals surface area contributed by atoms with E-state index in [0.717, 1.165) is 18.8 Å². The van der Waals surface area contributed by atoms with E-state index in [1.807, 2.05) is 0 Å². The minimum Gasteiger partial charge on any atom is -0.493 e. The van der Waals surface area contributed by atoms with E-state index in [0.29, 0.717) is 0 Å². The molecule has 0 aromatic heterocycles. The van der Waals surface area contributed by atoms with Crippen molar-refractivity contribution in [3.8, 4) is 5.75 Å². The molecular weight excluding hydrogens is 282 g/mol. The molecule has 120 valence electrons.